The van der Waals surface area contributed by atoms with E-state index in [-0.39, 0.29) is 11.7 Å². The standard InChI is InChI=1S/C27H30F6N4/c1-16-11-20-19-5-2-3-6-23(19)35-25(20)26(37(16)15-27(31,32)33)24-21(29)12-18(13-22(24)30)34-17-7-10-36(14-17)9-4-8-28/h2-3,5-6,12-13,16-17,26,34-35H,4,7-11,14-15H2,1H3/t16-,17+,26-/m1/s1. The molecule has 10 heteroatoms. The number of aromatic amines is 1. The molecule has 0 unspecified atom stereocenters. The molecule has 0 radical (unpaired) electrons. The molecule has 3 aromatic rings. The lowest BCUT2D eigenvalue weighted by Crippen LogP contribution is -2.47. The Morgan fingerprint density at radius 2 is 1.84 bits per heavy atom. The molecule has 0 spiro atoms. The molecule has 1 fully saturated rings. The van der Waals surface area contributed by atoms with E-state index >= 15 is 8.78 Å². The number of hydrogen-bond donors (Lipinski definition) is 2. The highest BCUT2D eigenvalue weighted by atomic mass is 19.4. The molecule has 1 aromatic heterocycles. The molecule has 0 amide bonds. The van der Waals surface area contributed by atoms with E-state index < -0.39 is 48.7 Å². The summed E-state index contributed by atoms with van der Waals surface area (Å²) >= 11 is 0. The molecule has 4 nitrogen and oxygen atoms in total. The zero-order chi connectivity index (χ0) is 26.3. The first-order valence-corrected chi connectivity index (χ1v) is 12.6. The molecule has 2 N–H and O–H groups in total. The third-order valence-corrected chi connectivity index (χ3v) is 7.48. The molecule has 37 heavy (non-hydrogen) atoms. The number of para-hydroxylation sites is 1. The maximum absolute atomic E-state index is 15.6. The normalized spacial score (nSPS) is 23.1. The van der Waals surface area contributed by atoms with Crippen molar-refractivity contribution in [2.45, 2.75) is 50.5 Å². The fourth-order valence-corrected chi connectivity index (χ4v) is 5.87. The van der Waals surface area contributed by atoms with Crippen LogP contribution < -0.4 is 5.32 Å². The minimum Gasteiger partial charge on any atom is -0.381 e. The lowest BCUT2D eigenvalue weighted by molar-refractivity contribution is -0.155. The molecule has 3 atom stereocenters. The highest BCUT2D eigenvalue weighted by Crippen LogP contribution is 2.44. The van der Waals surface area contributed by atoms with E-state index in [1.54, 1.807) is 13.0 Å². The second kappa shape index (κ2) is 10.2. The van der Waals surface area contributed by atoms with Gasteiger partial charge < -0.3 is 15.2 Å². The monoisotopic (exact) mass is 524 g/mol. The van der Waals surface area contributed by atoms with E-state index in [1.165, 1.54) is 0 Å². The van der Waals surface area contributed by atoms with Gasteiger partial charge in [-0.2, -0.15) is 13.2 Å². The van der Waals surface area contributed by atoms with E-state index in [4.69, 9.17) is 0 Å². The van der Waals surface area contributed by atoms with Crippen LogP contribution in [0.1, 0.15) is 42.6 Å². The van der Waals surface area contributed by atoms with Crippen LogP contribution in [-0.2, 0) is 6.42 Å². The van der Waals surface area contributed by atoms with Gasteiger partial charge in [0.1, 0.15) is 11.6 Å². The van der Waals surface area contributed by atoms with E-state index in [2.05, 4.69) is 15.2 Å². The van der Waals surface area contributed by atoms with E-state index in [1.807, 2.05) is 18.2 Å². The van der Waals surface area contributed by atoms with Crippen molar-refractivity contribution in [2.75, 3.05) is 38.2 Å². The highest BCUT2D eigenvalue weighted by Gasteiger charge is 2.43. The van der Waals surface area contributed by atoms with Crippen molar-refractivity contribution >= 4 is 16.6 Å². The maximum atomic E-state index is 15.6. The fourth-order valence-electron chi connectivity index (χ4n) is 5.87. The molecule has 0 aliphatic carbocycles. The second-order valence-electron chi connectivity index (χ2n) is 10.1. The van der Waals surface area contributed by atoms with Gasteiger partial charge in [-0.25, -0.2) is 8.78 Å². The first-order valence-electron chi connectivity index (χ1n) is 12.6. The SMILES string of the molecule is C[C@@H]1Cc2c([nH]c3ccccc23)[C@@H](c2c(F)cc(N[C@H]3CCN(CCCF)C3)cc2F)N1CC(F)(F)F. The molecular weight excluding hydrogens is 494 g/mol. The summed E-state index contributed by atoms with van der Waals surface area (Å²) in [7, 11) is 0. The van der Waals surface area contributed by atoms with Gasteiger partial charge >= 0.3 is 6.18 Å². The van der Waals surface area contributed by atoms with Crippen molar-refractivity contribution in [2.24, 2.45) is 0 Å². The summed E-state index contributed by atoms with van der Waals surface area (Å²) in [6, 6.07) is 7.73. The first kappa shape index (κ1) is 25.9. The van der Waals surface area contributed by atoms with E-state index in [0.29, 0.717) is 31.6 Å². The number of nitrogens with one attached hydrogen (secondary N) is 2. The lowest BCUT2D eigenvalue weighted by Gasteiger charge is -2.41. The Bertz CT molecular complexity index is 1230. The van der Waals surface area contributed by atoms with Crippen molar-refractivity contribution in [3.63, 3.8) is 0 Å². The van der Waals surface area contributed by atoms with E-state index in [9.17, 15) is 17.6 Å². The Hall–Kier alpha value is -2.72. The number of hydrogen-bond acceptors (Lipinski definition) is 3. The summed E-state index contributed by atoms with van der Waals surface area (Å²) in [6.45, 7) is 1.99. The summed E-state index contributed by atoms with van der Waals surface area (Å²) in [5.41, 5.74) is 1.73. The molecular formula is C27H30F6N4. The van der Waals surface area contributed by atoms with Crippen LogP contribution >= 0.6 is 0 Å². The lowest BCUT2D eigenvalue weighted by atomic mass is 9.88. The highest BCUT2D eigenvalue weighted by molar-refractivity contribution is 5.85. The molecule has 0 bridgehead atoms. The Kier molecular flexibility index (Phi) is 7.15. The number of likely N-dealkylation sites (tertiary alicyclic amines) is 1. The van der Waals surface area contributed by atoms with Crippen molar-refractivity contribution in [3.05, 3.63) is 64.9 Å². The average molecular weight is 525 g/mol. The number of fused-ring (bicyclic) bond motifs is 3. The van der Waals surface area contributed by atoms with Gasteiger partial charge in [-0.3, -0.25) is 9.29 Å². The Balaban J connectivity index is 1.50. The van der Waals surface area contributed by atoms with Gasteiger partial charge in [0, 0.05) is 59.6 Å². The minimum atomic E-state index is -4.54. The summed E-state index contributed by atoms with van der Waals surface area (Å²) < 4.78 is 84.6. The molecule has 5 rings (SSSR count). The molecule has 200 valence electrons. The summed E-state index contributed by atoms with van der Waals surface area (Å²) in [4.78, 5) is 6.38. The fraction of sp³-hybridized carbons (Fsp3) is 0.481. The van der Waals surface area contributed by atoms with Crippen LogP contribution in [0.2, 0.25) is 0 Å². The summed E-state index contributed by atoms with van der Waals surface area (Å²) in [5, 5.41) is 3.99. The van der Waals surface area contributed by atoms with Crippen LogP contribution in [0.25, 0.3) is 10.9 Å². The van der Waals surface area contributed by atoms with Crippen molar-refractivity contribution in [1.29, 1.82) is 0 Å². The molecule has 2 aliphatic rings. The summed E-state index contributed by atoms with van der Waals surface area (Å²) in [6.07, 6.45) is -3.03. The minimum absolute atomic E-state index is 0.0546. The quantitative estimate of drug-likeness (QED) is 0.362. The number of benzene rings is 2. The molecule has 2 aromatic carbocycles. The number of anilines is 1. The van der Waals surface area contributed by atoms with Gasteiger partial charge in [0.2, 0.25) is 0 Å². The predicted octanol–water partition coefficient (Wildman–Crippen LogP) is 6.19. The van der Waals surface area contributed by atoms with Gasteiger partial charge in [-0.05, 0) is 49.9 Å². The number of nitrogens with zero attached hydrogens (tertiary/aromatic N) is 2. The van der Waals surface area contributed by atoms with Crippen molar-refractivity contribution in [1.82, 2.24) is 14.8 Å². The summed E-state index contributed by atoms with van der Waals surface area (Å²) in [5.74, 6) is -1.80. The average Bonchev–Trinajstić information content (AvgIpc) is 3.42. The topological polar surface area (TPSA) is 34.3 Å². The van der Waals surface area contributed by atoms with Crippen LogP contribution in [0.4, 0.5) is 32.0 Å². The Morgan fingerprint density at radius 3 is 2.54 bits per heavy atom. The van der Waals surface area contributed by atoms with Gasteiger partial charge in [0.15, 0.2) is 0 Å². The Morgan fingerprint density at radius 1 is 1.11 bits per heavy atom. The van der Waals surface area contributed by atoms with Gasteiger partial charge in [0.05, 0.1) is 19.3 Å². The maximum Gasteiger partial charge on any atom is 0.401 e. The van der Waals surface area contributed by atoms with Gasteiger partial charge in [0.25, 0.3) is 0 Å². The van der Waals surface area contributed by atoms with Crippen molar-refractivity contribution in [3.8, 4) is 0 Å². The van der Waals surface area contributed by atoms with Crippen LogP contribution in [0.5, 0.6) is 0 Å². The van der Waals surface area contributed by atoms with E-state index in [0.717, 1.165) is 46.5 Å². The van der Waals surface area contributed by atoms with Crippen LogP contribution in [0.15, 0.2) is 36.4 Å². The largest absolute Gasteiger partial charge is 0.401 e. The van der Waals surface area contributed by atoms with Crippen LogP contribution in [0, 0.1) is 11.6 Å². The molecule has 0 saturated carbocycles. The first-order chi connectivity index (χ1) is 17.6. The number of halogens is 6. The van der Waals surface area contributed by atoms with Crippen LogP contribution in [0.3, 0.4) is 0 Å². The molecule has 1 saturated heterocycles. The third-order valence-electron chi connectivity index (χ3n) is 7.48. The molecule has 3 heterocycles. The number of rotatable bonds is 7. The Labute approximate surface area is 211 Å². The molecule has 2 aliphatic heterocycles. The number of alkyl halides is 4. The number of aromatic nitrogens is 1. The van der Waals surface area contributed by atoms with Crippen LogP contribution in [-0.4, -0.2) is 65.9 Å². The third kappa shape index (κ3) is 5.31. The zero-order valence-electron chi connectivity index (χ0n) is 20.5. The smallest absolute Gasteiger partial charge is 0.381 e. The van der Waals surface area contributed by atoms with Crippen molar-refractivity contribution < 1.29 is 26.3 Å². The second-order valence-corrected chi connectivity index (χ2v) is 10.1. The van der Waals surface area contributed by atoms with Gasteiger partial charge in [-0.15, -0.1) is 0 Å². The zero-order valence-corrected chi connectivity index (χ0v) is 20.5. The number of H-pyrrole nitrogens is 1. The predicted molar refractivity (Wildman–Crippen MR) is 131 cm³/mol. The van der Waals surface area contributed by atoms with Gasteiger partial charge in [-0.1, -0.05) is 18.2 Å².